The summed E-state index contributed by atoms with van der Waals surface area (Å²) in [5.74, 6) is -1.15. The summed E-state index contributed by atoms with van der Waals surface area (Å²) in [6, 6.07) is 13.3. The summed E-state index contributed by atoms with van der Waals surface area (Å²) >= 11 is 0. The maximum atomic E-state index is 12.7. The fourth-order valence-corrected chi connectivity index (χ4v) is 3.31. The highest BCUT2D eigenvalue weighted by molar-refractivity contribution is 6.35. The minimum Gasteiger partial charge on any atom is -0.379 e. The molecular weight excluding hydrogens is 346 g/mol. The van der Waals surface area contributed by atoms with Crippen LogP contribution in [0.15, 0.2) is 48.5 Å². The molecule has 27 heavy (non-hydrogen) atoms. The van der Waals surface area contributed by atoms with Crippen LogP contribution >= 0.6 is 0 Å². The van der Waals surface area contributed by atoms with Crippen molar-refractivity contribution in [3.8, 4) is 0 Å². The summed E-state index contributed by atoms with van der Waals surface area (Å²) in [7, 11) is 0. The zero-order valence-electron chi connectivity index (χ0n) is 14.7. The van der Waals surface area contributed by atoms with Crippen molar-refractivity contribution in [3.63, 3.8) is 0 Å². The van der Waals surface area contributed by atoms with Gasteiger partial charge < -0.3 is 10.1 Å². The van der Waals surface area contributed by atoms with Gasteiger partial charge >= 0.3 is 0 Å². The first-order chi connectivity index (χ1) is 13.2. The summed E-state index contributed by atoms with van der Waals surface area (Å²) < 4.78 is 5.30. The van der Waals surface area contributed by atoms with E-state index in [1.165, 1.54) is 0 Å². The van der Waals surface area contributed by atoms with Gasteiger partial charge in [0.15, 0.2) is 0 Å². The highest BCUT2D eigenvalue weighted by atomic mass is 16.5. The number of fused-ring (bicyclic) bond motifs is 1. The molecule has 0 bridgehead atoms. The van der Waals surface area contributed by atoms with Crippen LogP contribution in [0.1, 0.15) is 31.1 Å². The van der Waals surface area contributed by atoms with Crippen molar-refractivity contribution in [1.82, 2.24) is 10.2 Å². The Hall–Kier alpha value is -3.03. The van der Waals surface area contributed by atoms with Crippen molar-refractivity contribution in [2.75, 3.05) is 37.9 Å². The smallest absolute Gasteiger partial charge is 0.266 e. The number of para-hydroxylation sites is 1. The highest BCUT2D eigenvalue weighted by Gasteiger charge is 2.37. The van der Waals surface area contributed by atoms with E-state index in [-0.39, 0.29) is 5.91 Å². The van der Waals surface area contributed by atoms with E-state index in [0.29, 0.717) is 42.3 Å². The Morgan fingerprint density at radius 1 is 0.926 bits per heavy atom. The number of hydrogen-bond acceptors (Lipinski definition) is 5. The molecule has 0 spiro atoms. The highest BCUT2D eigenvalue weighted by Crippen LogP contribution is 2.30. The third kappa shape index (κ3) is 3.22. The number of ether oxygens (including phenoxy) is 1. The normalized spacial score (nSPS) is 17.1. The first kappa shape index (κ1) is 17.4. The SMILES string of the molecule is O=C(NCN1CCOCC1)c1ccccc1N1C(=O)c2ccccc2C1=O. The Labute approximate surface area is 156 Å². The average molecular weight is 365 g/mol. The van der Waals surface area contributed by atoms with Gasteiger partial charge in [-0.25, -0.2) is 4.90 Å². The van der Waals surface area contributed by atoms with Gasteiger partial charge in [-0.15, -0.1) is 0 Å². The Balaban J connectivity index is 1.57. The molecule has 1 N–H and O–H groups in total. The van der Waals surface area contributed by atoms with Gasteiger partial charge in [-0.3, -0.25) is 19.3 Å². The molecule has 3 amide bonds. The number of nitrogens with zero attached hydrogens (tertiary/aromatic N) is 2. The maximum absolute atomic E-state index is 12.7. The van der Waals surface area contributed by atoms with Crippen LogP contribution in [0.2, 0.25) is 0 Å². The number of amides is 3. The molecule has 2 heterocycles. The molecule has 7 heteroatoms. The average Bonchev–Trinajstić information content (AvgIpc) is 2.97. The monoisotopic (exact) mass is 365 g/mol. The van der Waals surface area contributed by atoms with Crippen LogP contribution < -0.4 is 10.2 Å². The van der Waals surface area contributed by atoms with Gasteiger partial charge in [-0.1, -0.05) is 24.3 Å². The summed E-state index contributed by atoms with van der Waals surface area (Å²) in [6.45, 7) is 3.17. The van der Waals surface area contributed by atoms with Crippen LogP contribution in [0.5, 0.6) is 0 Å². The predicted octanol–water partition coefficient (Wildman–Crippen LogP) is 1.51. The fourth-order valence-electron chi connectivity index (χ4n) is 3.31. The van der Waals surface area contributed by atoms with Gasteiger partial charge in [0.25, 0.3) is 17.7 Å². The van der Waals surface area contributed by atoms with Crippen LogP contribution in [0.25, 0.3) is 0 Å². The molecule has 2 aliphatic rings. The zero-order valence-corrected chi connectivity index (χ0v) is 14.7. The van der Waals surface area contributed by atoms with Crippen LogP contribution in [0.4, 0.5) is 5.69 Å². The maximum Gasteiger partial charge on any atom is 0.266 e. The zero-order chi connectivity index (χ0) is 18.8. The van der Waals surface area contributed by atoms with Gasteiger partial charge in [-0.2, -0.15) is 0 Å². The number of carbonyl (C=O) groups excluding carboxylic acids is 3. The molecule has 138 valence electrons. The largest absolute Gasteiger partial charge is 0.379 e. The van der Waals surface area contributed by atoms with Crippen molar-refractivity contribution < 1.29 is 19.1 Å². The predicted molar refractivity (Wildman–Crippen MR) is 98.7 cm³/mol. The molecule has 0 atom stereocenters. The van der Waals surface area contributed by atoms with Gasteiger partial charge in [0, 0.05) is 13.1 Å². The second-order valence-corrected chi connectivity index (χ2v) is 6.40. The molecule has 2 aliphatic heterocycles. The summed E-state index contributed by atoms with van der Waals surface area (Å²) in [5.41, 5.74) is 1.29. The van der Waals surface area contributed by atoms with Crippen LogP contribution in [0, 0.1) is 0 Å². The molecule has 2 aromatic rings. The van der Waals surface area contributed by atoms with Crippen LogP contribution in [-0.2, 0) is 4.74 Å². The number of anilines is 1. The van der Waals surface area contributed by atoms with Crippen molar-refractivity contribution in [2.45, 2.75) is 0 Å². The van der Waals surface area contributed by atoms with E-state index >= 15 is 0 Å². The first-order valence-corrected chi connectivity index (χ1v) is 8.82. The van der Waals surface area contributed by atoms with Gasteiger partial charge in [0.05, 0.1) is 42.3 Å². The number of carbonyl (C=O) groups is 3. The standard InChI is InChI=1S/C20H19N3O4/c24-18(21-13-22-9-11-27-12-10-22)16-7-3-4-8-17(16)23-19(25)14-5-1-2-6-15(14)20(23)26/h1-8H,9-13H2,(H,21,24). The van der Waals surface area contributed by atoms with E-state index in [4.69, 9.17) is 4.74 Å². The Bertz CT molecular complexity index is 871. The number of benzene rings is 2. The Kier molecular flexibility index (Phi) is 4.70. The summed E-state index contributed by atoms with van der Waals surface area (Å²) in [4.78, 5) is 41.4. The molecule has 7 nitrogen and oxygen atoms in total. The van der Waals surface area contributed by atoms with E-state index in [2.05, 4.69) is 10.2 Å². The molecule has 0 saturated carbocycles. The molecule has 2 aromatic carbocycles. The third-order valence-corrected chi connectivity index (χ3v) is 4.75. The molecule has 0 aromatic heterocycles. The second kappa shape index (κ2) is 7.30. The van der Waals surface area contributed by atoms with Crippen molar-refractivity contribution >= 4 is 23.4 Å². The lowest BCUT2D eigenvalue weighted by Crippen LogP contribution is -2.44. The van der Waals surface area contributed by atoms with E-state index in [9.17, 15) is 14.4 Å². The molecule has 4 rings (SSSR count). The van der Waals surface area contributed by atoms with Crippen LogP contribution in [0.3, 0.4) is 0 Å². The van der Waals surface area contributed by atoms with Gasteiger partial charge in [0.1, 0.15) is 0 Å². The quantitative estimate of drug-likeness (QED) is 0.831. The molecule has 0 radical (unpaired) electrons. The van der Waals surface area contributed by atoms with Gasteiger partial charge in [-0.05, 0) is 24.3 Å². The minimum atomic E-state index is -0.413. The lowest BCUT2D eigenvalue weighted by molar-refractivity contribution is 0.0334. The summed E-state index contributed by atoms with van der Waals surface area (Å²) in [6.07, 6.45) is 0. The summed E-state index contributed by atoms with van der Waals surface area (Å²) in [5, 5.41) is 2.87. The lowest BCUT2D eigenvalue weighted by Gasteiger charge is -2.27. The number of rotatable bonds is 4. The fraction of sp³-hybridized carbons (Fsp3) is 0.250. The molecule has 0 unspecified atom stereocenters. The van der Waals surface area contributed by atoms with E-state index in [0.717, 1.165) is 18.0 Å². The number of nitrogens with one attached hydrogen (secondary N) is 1. The molecule has 1 fully saturated rings. The van der Waals surface area contributed by atoms with E-state index in [1.807, 2.05) is 0 Å². The molecule has 0 aliphatic carbocycles. The topological polar surface area (TPSA) is 79.0 Å². The van der Waals surface area contributed by atoms with Crippen LogP contribution in [-0.4, -0.2) is 55.6 Å². The molecule has 1 saturated heterocycles. The number of imide groups is 1. The minimum absolute atomic E-state index is 0.292. The van der Waals surface area contributed by atoms with Gasteiger partial charge in [0.2, 0.25) is 0 Å². The third-order valence-electron chi connectivity index (χ3n) is 4.75. The Morgan fingerprint density at radius 2 is 1.52 bits per heavy atom. The molecular formula is C20H19N3O4. The second-order valence-electron chi connectivity index (χ2n) is 6.40. The van der Waals surface area contributed by atoms with Crippen molar-refractivity contribution in [3.05, 3.63) is 65.2 Å². The Morgan fingerprint density at radius 3 is 2.19 bits per heavy atom. The van der Waals surface area contributed by atoms with E-state index in [1.54, 1.807) is 48.5 Å². The van der Waals surface area contributed by atoms with Crippen molar-refractivity contribution in [1.29, 1.82) is 0 Å². The van der Waals surface area contributed by atoms with Crippen molar-refractivity contribution in [2.24, 2.45) is 0 Å². The lowest BCUT2D eigenvalue weighted by atomic mass is 10.1. The first-order valence-electron chi connectivity index (χ1n) is 8.82. The number of morpholine rings is 1. The van der Waals surface area contributed by atoms with E-state index < -0.39 is 11.8 Å². The number of hydrogen-bond donors (Lipinski definition) is 1.